The second-order valence-corrected chi connectivity index (χ2v) is 8.32. The molecule has 0 aliphatic carbocycles. The highest BCUT2D eigenvalue weighted by Gasteiger charge is 2.10. The van der Waals surface area contributed by atoms with Gasteiger partial charge in [-0.05, 0) is 46.9 Å². The predicted octanol–water partition coefficient (Wildman–Crippen LogP) is 5.95. The molecule has 1 heterocycles. The van der Waals surface area contributed by atoms with Crippen LogP contribution < -0.4 is 0 Å². The Hall–Kier alpha value is -1.63. The van der Waals surface area contributed by atoms with Crippen LogP contribution in [0.25, 0.3) is 0 Å². The third-order valence-electron chi connectivity index (χ3n) is 3.06. The summed E-state index contributed by atoms with van der Waals surface area (Å²) in [4.78, 5) is 3.98. The molecule has 0 saturated carbocycles. The molecule has 0 atom stereocenters. The Morgan fingerprint density at radius 3 is 1.45 bits per heavy atom. The molecule has 22 heavy (non-hydrogen) atoms. The minimum atomic E-state index is 0.376. The van der Waals surface area contributed by atoms with E-state index >= 15 is 0 Å². The van der Waals surface area contributed by atoms with Crippen molar-refractivity contribution in [3.05, 3.63) is 66.0 Å². The van der Waals surface area contributed by atoms with Gasteiger partial charge in [0.2, 0.25) is 0 Å². The van der Waals surface area contributed by atoms with E-state index in [9.17, 15) is 0 Å². The molecule has 0 radical (unpaired) electrons. The van der Waals surface area contributed by atoms with Crippen molar-refractivity contribution in [2.75, 3.05) is 0 Å². The molecule has 0 spiro atoms. The van der Waals surface area contributed by atoms with Gasteiger partial charge in [-0.25, -0.2) is 0 Å². The van der Waals surface area contributed by atoms with Crippen LogP contribution in [0.3, 0.4) is 0 Å². The molecule has 1 aromatic heterocycles. The van der Waals surface area contributed by atoms with Gasteiger partial charge in [0.1, 0.15) is 0 Å². The maximum absolute atomic E-state index is 3.98. The summed E-state index contributed by atoms with van der Waals surface area (Å²) >= 11 is 0. The average Bonchev–Trinajstić information content (AvgIpc) is 2.38. The fraction of sp³-hybridized carbons (Fsp3) is 0.476. The summed E-state index contributed by atoms with van der Waals surface area (Å²) in [7, 11) is 0. The van der Waals surface area contributed by atoms with Gasteiger partial charge in [-0.3, -0.25) is 4.98 Å². The van der Waals surface area contributed by atoms with Crippen LogP contribution in [0.15, 0.2) is 54.9 Å². The van der Waals surface area contributed by atoms with E-state index in [0.29, 0.717) is 10.8 Å². The van der Waals surface area contributed by atoms with Crippen molar-refractivity contribution >= 4 is 0 Å². The third kappa shape index (κ3) is 9.33. The highest BCUT2D eigenvalue weighted by molar-refractivity contribution is 5.15. The lowest BCUT2D eigenvalue weighted by Crippen LogP contribution is -2.08. The summed E-state index contributed by atoms with van der Waals surface area (Å²) < 4.78 is 0. The fourth-order valence-electron chi connectivity index (χ4n) is 2.32. The Morgan fingerprint density at radius 1 is 0.636 bits per heavy atom. The molecule has 1 aromatic carbocycles. The molecule has 1 nitrogen and oxygen atoms in total. The van der Waals surface area contributed by atoms with Crippen LogP contribution >= 0.6 is 0 Å². The molecule has 120 valence electrons. The number of hydrogen-bond donors (Lipinski definition) is 0. The molecule has 0 amide bonds. The van der Waals surface area contributed by atoms with E-state index in [4.69, 9.17) is 0 Å². The smallest absolute Gasteiger partial charge is 0.0270 e. The molecule has 0 N–H and O–H groups in total. The van der Waals surface area contributed by atoms with E-state index in [0.717, 1.165) is 12.8 Å². The molecule has 2 rings (SSSR count). The largest absolute Gasteiger partial charge is 0.265 e. The van der Waals surface area contributed by atoms with Gasteiger partial charge in [0.15, 0.2) is 0 Å². The molecule has 0 saturated heterocycles. The van der Waals surface area contributed by atoms with Crippen molar-refractivity contribution in [1.82, 2.24) is 4.98 Å². The van der Waals surface area contributed by atoms with Crippen LogP contribution in [0.4, 0.5) is 0 Å². The Labute approximate surface area is 136 Å². The number of aromatic nitrogens is 1. The van der Waals surface area contributed by atoms with E-state index in [1.165, 1.54) is 11.1 Å². The summed E-state index contributed by atoms with van der Waals surface area (Å²) in [5.41, 5.74) is 3.58. The Bertz CT molecular complexity index is 464. The van der Waals surface area contributed by atoms with Crippen LogP contribution in [0.1, 0.15) is 52.7 Å². The van der Waals surface area contributed by atoms with Crippen LogP contribution in [-0.2, 0) is 12.8 Å². The van der Waals surface area contributed by atoms with Crippen molar-refractivity contribution in [2.24, 2.45) is 10.8 Å². The summed E-state index contributed by atoms with van der Waals surface area (Å²) in [6.07, 6.45) is 5.98. The van der Waals surface area contributed by atoms with E-state index in [-0.39, 0.29) is 0 Å². The maximum Gasteiger partial charge on any atom is 0.0270 e. The number of hydrogen-bond acceptors (Lipinski definition) is 1. The molecule has 1 heteroatoms. The van der Waals surface area contributed by atoms with Crippen molar-refractivity contribution < 1.29 is 0 Å². The first-order valence-electron chi connectivity index (χ1n) is 8.09. The van der Waals surface area contributed by atoms with Crippen molar-refractivity contribution in [3.8, 4) is 0 Å². The van der Waals surface area contributed by atoms with Gasteiger partial charge in [-0.1, -0.05) is 71.9 Å². The zero-order valence-corrected chi connectivity index (χ0v) is 15.1. The molecular formula is C21H31N. The first-order chi connectivity index (χ1) is 10.2. The molecule has 0 unspecified atom stereocenters. The minimum Gasteiger partial charge on any atom is -0.265 e. The maximum atomic E-state index is 3.98. The van der Waals surface area contributed by atoms with Gasteiger partial charge in [-0.15, -0.1) is 0 Å². The molecule has 0 fully saturated rings. The van der Waals surface area contributed by atoms with Gasteiger partial charge >= 0.3 is 0 Å². The number of nitrogens with zero attached hydrogens (tertiary/aromatic N) is 1. The van der Waals surface area contributed by atoms with Gasteiger partial charge in [0.05, 0.1) is 0 Å². The third-order valence-corrected chi connectivity index (χ3v) is 3.06. The van der Waals surface area contributed by atoms with Crippen molar-refractivity contribution in [3.63, 3.8) is 0 Å². The first-order valence-corrected chi connectivity index (χ1v) is 8.09. The zero-order valence-electron chi connectivity index (χ0n) is 15.1. The van der Waals surface area contributed by atoms with Crippen LogP contribution in [-0.4, -0.2) is 4.98 Å². The highest BCUT2D eigenvalue weighted by atomic mass is 14.6. The van der Waals surface area contributed by atoms with Gasteiger partial charge in [0, 0.05) is 12.4 Å². The topological polar surface area (TPSA) is 12.9 Å². The lowest BCUT2D eigenvalue weighted by atomic mass is 9.88. The van der Waals surface area contributed by atoms with Gasteiger partial charge in [-0.2, -0.15) is 0 Å². The number of pyridine rings is 1. The molecule has 0 bridgehead atoms. The van der Waals surface area contributed by atoms with Crippen LogP contribution in [0, 0.1) is 10.8 Å². The van der Waals surface area contributed by atoms with E-state index < -0.39 is 0 Å². The predicted molar refractivity (Wildman–Crippen MR) is 97.0 cm³/mol. The Kier molecular flexibility index (Phi) is 6.80. The van der Waals surface area contributed by atoms with Crippen LogP contribution in [0.2, 0.25) is 0 Å². The second-order valence-electron chi connectivity index (χ2n) is 8.32. The first kappa shape index (κ1) is 18.4. The quantitative estimate of drug-likeness (QED) is 0.668. The molecule has 0 aliphatic heterocycles. The second kappa shape index (κ2) is 8.12. The molecule has 2 aromatic rings. The van der Waals surface area contributed by atoms with E-state index in [1.807, 2.05) is 12.4 Å². The summed E-state index contributed by atoms with van der Waals surface area (Å²) in [5, 5.41) is 0. The average molecular weight is 297 g/mol. The number of rotatable bonds is 2. The SMILES string of the molecule is CC(C)(C)Cc1ccccc1.CC(C)(C)Cc1ccncc1. The standard InChI is InChI=1S/C11H16.C10H15N/c1-11(2,3)9-10-7-5-4-6-8-10;1-10(2,3)8-9-4-6-11-7-5-9/h4-8H,9H2,1-3H3;4-7H,8H2,1-3H3. The minimum absolute atomic E-state index is 0.376. The highest BCUT2D eigenvalue weighted by Crippen LogP contribution is 2.20. The lowest BCUT2D eigenvalue weighted by Gasteiger charge is -2.17. The monoisotopic (exact) mass is 297 g/mol. The fourth-order valence-corrected chi connectivity index (χ4v) is 2.32. The summed E-state index contributed by atoms with van der Waals surface area (Å²) in [5.74, 6) is 0. The van der Waals surface area contributed by atoms with Crippen LogP contribution in [0.5, 0.6) is 0 Å². The molecular weight excluding hydrogens is 266 g/mol. The normalized spacial score (nSPS) is 11.5. The lowest BCUT2D eigenvalue weighted by molar-refractivity contribution is 0.411. The number of benzene rings is 1. The zero-order chi connectivity index (χ0) is 16.6. The summed E-state index contributed by atoms with van der Waals surface area (Å²) in [6, 6.07) is 14.8. The van der Waals surface area contributed by atoms with Crippen molar-refractivity contribution in [1.29, 1.82) is 0 Å². The molecule has 0 aliphatic rings. The summed E-state index contributed by atoms with van der Waals surface area (Å²) in [6.45, 7) is 13.5. The van der Waals surface area contributed by atoms with Gasteiger partial charge in [0.25, 0.3) is 0 Å². The van der Waals surface area contributed by atoms with Gasteiger partial charge < -0.3 is 0 Å². The van der Waals surface area contributed by atoms with Crippen molar-refractivity contribution in [2.45, 2.75) is 54.4 Å². The van der Waals surface area contributed by atoms with E-state index in [2.05, 4.69) is 89.0 Å². The Morgan fingerprint density at radius 2 is 1.05 bits per heavy atom. The van der Waals surface area contributed by atoms with E-state index in [1.54, 1.807) is 0 Å². The Balaban J connectivity index is 0.000000220.